The summed E-state index contributed by atoms with van der Waals surface area (Å²) in [6.07, 6.45) is -0.225. The summed E-state index contributed by atoms with van der Waals surface area (Å²) in [4.78, 5) is 16.9. The van der Waals surface area contributed by atoms with Gasteiger partial charge in [-0.05, 0) is 30.3 Å². The van der Waals surface area contributed by atoms with Crippen molar-refractivity contribution in [1.82, 2.24) is 10.3 Å². The predicted molar refractivity (Wildman–Crippen MR) is 96.8 cm³/mol. The number of carbonyl (C=O) groups excluding carboxylic acids is 1. The Hall–Kier alpha value is -3.02. The number of rotatable bonds is 4. The molecule has 4 rings (SSSR count). The lowest BCUT2D eigenvalue weighted by molar-refractivity contribution is 0.0789. The Balaban J connectivity index is 1.41. The second-order valence-electron chi connectivity index (χ2n) is 6.60. The molecule has 1 aliphatic heterocycles. The summed E-state index contributed by atoms with van der Waals surface area (Å²) in [5.41, 5.74) is 1.91. The highest BCUT2D eigenvalue weighted by molar-refractivity contribution is 5.97. The maximum atomic E-state index is 12.5. The van der Waals surface area contributed by atoms with Crippen LogP contribution in [0.25, 0.3) is 11.1 Å². The average Bonchev–Trinajstić information content (AvgIpc) is 3.09. The van der Waals surface area contributed by atoms with Crippen molar-refractivity contribution in [3.63, 3.8) is 0 Å². The zero-order valence-corrected chi connectivity index (χ0v) is 14.7. The number of carbonyl (C=O) groups is 1. The number of fused-ring (bicyclic) bond motifs is 2. The standard InChI is InChI=1S/C20H20N2O4/c1-12(2)20-22-15-9-13(7-8-16(15)26-20)19(23)21-10-14-11-24-17-5-3-4-6-18(17)25-14/h3-9,12,14H,10-11H2,1-2H3,(H,21,23). The molecule has 0 spiro atoms. The lowest BCUT2D eigenvalue weighted by atomic mass is 10.2. The van der Waals surface area contributed by atoms with Crippen molar-refractivity contribution >= 4 is 17.0 Å². The summed E-state index contributed by atoms with van der Waals surface area (Å²) in [6.45, 7) is 4.80. The maximum Gasteiger partial charge on any atom is 0.251 e. The molecule has 0 saturated carbocycles. The molecule has 26 heavy (non-hydrogen) atoms. The molecule has 0 saturated heterocycles. The molecule has 1 N–H and O–H groups in total. The van der Waals surface area contributed by atoms with E-state index < -0.39 is 0 Å². The van der Waals surface area contributed by atoms with Crippen LogP contribution >= 0.6 is 0 Å². The van der Waals surface area contributed by atoms with E-state index in [2.05, 4.69) is 10.3 Å². The molecular weight excluding hydrogens is 332 g/mol. The minimum absolute atomic E-state index is 0.177. The number of nitrogens with zero attached hydrogens (tertiary/aromatic N) is 1. The number of hydrogen-bond acceptors (Lipinski definition) is 5. The van der Waals surface area contributed by atoms with E-state index in [-0.39, 0.29) is 17.9 Å². The Morgan fingerprint density at radius 3 is 2.85 bits per heavy atom. The average molecular weight is 352 g/mol. The monoisotopic (exact) mass is 352 g/mol. The molecule has 6 nitrogen and oxygen atoms in total. The van der Waals surface area contributed by atoms with Crippen molar-refractivity contribution in [2.24, 2.45) is 0 Å². The molecule has 1 amide bonds. The van der Waals surface area contributed by atoms with Gasteiger partial charge in [0.15, 0.2) is 23.0 Å². The zero-order valence-electron chi connectivity index (χ0n) is 14.7. The van der Waals surface area contributed by atoms with Crippen LogP contribution in [0.5, 0.6) is 11.5 Å². The molecule has 1 unspecified atom stereocenters. The molecule has 0 aliphatic carbocycles. The van der Waals surface area contributed by atoms with E-state index in [1.165, 1.54) is 0 Å². The van der Waals surface area contributed by atoms with Crippen LogP contribution in [-0.2, 0) is 0 Å². The van der Waals surface area contributed by atoms with Crippen molar-refractivity contribution < 1.29 is 18.7 Å². The van der Waals surface area contributed by atoms with Crippen molar-refractivity contribution in [3.8, 4) is 11.5 Å². The van der Waals surface area contributed by atoms with E-state index in [1.807, 2.05) is 38.1 Å². The first-order chi connectivity index (χ1) is 12.6. The van der Waals surface area contributed by atoms with Gasteiger partial charge in [0.25, 0.3) is 5.91 Å². The molecule has 1 atom stereocenters. The summed E-state index contributed by atoms with van der Waals surface area (Å²) >= 11 is 0. The van der Waals surface area contributed by atoms with Crippen LogP contribution in [0.2, 0.25) is 0 Å². The molecule has 2 heterocycles. The largest absolute Gasteiger partial charge is 0.486 e. The van der Waals surface area contributed by atoms with Gasteiger partial charge in [-0.1, -0.05) is 26.0 Å². The van der Waals surface area contributed by atoms with Gasteiger partial charge in [0.1, 0.15) is 18.2 Å². The molecule has 1 aliphatic rings. The molecule has 134 valence electrons. The summed E-state index contributed by atoms with van der Waals surface area (Å²) in [5, 5.41) is 2.89. The fraction of sp³-hybridized carbons (Fsp3) is 0.300. The highest BCUT2D eigenvalue weighted by Gasteiger charge is 2.21. The van der Waals surface area contributed by atoms with Crippen molar-refractivity contribution in [2.45, 2.75) is 25.9 Å². The Morgan fingerprint density at radius 1 is 1.23 bits per heavy atom. The quantitative estimate of drug-likeness (QED) is 0.778. The number of benzene rings is 2. The molecular formula is C20H20N2O4. The molecule has 0 fully saturated rings. The summed E-state index contributed by atoms with van der Waals surface area (Å²) < 4.78 is 17.2. The van der Waals surface area contributed by atoms with Crippen LogP contribution in [-0.4, -0.2) is 30.1 Å². The number of para-hydroxylation sites is 2. The van der Waals surface area contributed by atoms with Crippen LogP contribution < -0.4 is 14.8 Å². The fourth-order valence-electron chi connectivity index (χ4n) is 2.81. The van der Waals surface area contributed by atoms with E-state index >= 15 is 0 Å². The van der Waals surface area contributed by atoms with Crippen LogP contribution in [0.3, 0.4) is 0 Å². The summed E-state index contributed by atoms with van der Waals surface area (Å²) in [6, 6.07) is 12.8. The van der Waals surface area contributed by atoms with Gasteiger partial charge in [0.05, 0.1) is 6.54 Å². The smallest absolute Gasteiger partial charge is 0.251 e. The second kappa shape index (κ2) is 6.71. The normalized spacial score (nSPS) is 16.0. The maximum absolute atomic E-state index is 12.5. The summed E-state index contributed by atoms with van der Waals surface area (Å²) in [5.74, 6) is 2.12. The molecule has 6 heteroatoms. The molecule has 3 aromatic rings. The van der Waals surface area contributed by atoms with Gasteiger partial charge in [0, 0.05) is 11.5 Å². The summed E-state index contributed by atoms with van der Waals surface area (Å²) in [7, 11) is 0. The minimum atomic E-state index is -0.225. The molecule has 0 bridgehead atoms. The third-order valence-corrected chi connectivity index (χ3v) is 4.22. The van der Waals surface area contributed by atoms with Gasteiger partial charge in [-0.25, -0.2) is 4.98 Å². The first kappa shape index (κ1) is 16.4. The number of oxazole rings is 1. The third kappa shape index (κ3) is 3.22. The van der Waals surface area contributed by atoms with Gasteiger partial charge in [-0.2, -0.15) is 0 Å². The number of aromatic nitrogens is 1. The highest BCUT2D eigenvalue weighted by Crippen LogP contribution is 2.30. The highest BCUT2D eigenvalue weighted by atomic mass is 16.6. The van der Waals surface area contributed by atoms with E-state index in [4.69, 9.17) is 13.9 Å². The van der Waals surface area contributed by atoms with Crippen LogP contribution in [0.1, 0.15) is 36.0 Å². The van der Waals surface area contributed by atoms with E-state index in [0.29, 0.717) is 41.5 Å². The number of amides is 1. The first-order valence-electron chi connectivity index (χ1n) is 8.67. The number of ether oxygens (including phenoxy) is 2. The van der Waals surface area contributed by atoms with Gasteiger partial charge in [-0.15, -0.1) is 0 Å². The molecule has 2 aromatic carbocycles. The Morgan fingerprint density at radius 2 is 2.04 bits per heavy atom. The topological polar surface area (TPSA) is 73.6 Å². The van der Waals surface area contributed by atoms with Crippen molar-refractivity contribution in [2.75, 3.05) is 13.2 Å². The van der Waals surface area contributed by atoms with Crippen molar-refractivity contribution in [3.05, 3.63) is 53.9 Å². The first-order valence-corrected chi connectivity index (χ1v) is 8.67. The van der Waals surface area contributed by atoms with Gasteiger partial charge in [-0.3, -0.25) is 4.79 Å². The Labute approximate surface area is 151 Å². The van der Waals surface area contributed by atoms with Crippen LogP contribution in [0.15, 0.2) is 46.9 Å². The third-order valence-electron chi connectivity index (χ3n) is 4.22. The zero-order chi connectivity index (χ0) is 18.1. The van der Waals surface area contributed by atoms with E-state index in [1.54, 1.807) is 18.2 Å². The van der Waals surface area contributed by atoms with Crippen LogP contribution in [0.4, 0.5) is 0 Å². The minimum Gasteiger partial charge on any atom is -0.486 e. The van der Waals surface area contributed by atoms with Gasteiger partial charge in [0.2, 0.25) is 0 Å². The van der Waals surface area contributed by atoms with E-state index in [9.17, 15) is 4.79 Å². The van der Waals surface area contributed by atoms with E-state index in [0.717, 1.165) is 5.75 Å². The predicted octanol–water partition coefficient (Wildman–Crippen LogP) is 3.52. The second-order valence-corrected chi connectivity index (χ2v) is 6.60. The van der Waals surface area contributed by atoms with Gasteiger partial charge >= 0.3 is 0 Å². The molecule has 0 radical (unpaired) electrons. The Kier molecular flexibility index (Phi) is 4.24. The Bertz CT molecular complexity index is 948. The lowest BCUT2D eigenvalue weighted by Gasteiger charge is -2.26. The lowest BCUT2D eigenvalue weighted by Crippen LogP contribution is -2.40. The number of nitrogens with one attached hydrogen (secondary N) is 1. The van der Waals surface area contributed by atoms with Crippen LogP contribution in [0, 0.1) is 0 Å². The number of hydrogen-bond donors (Lipinski definition) is 1. The van der Waals surface area contributed by atoms with Gasteiger partial charge < -0.3 is 19.2 Å². The fourth-order valence-corrected chi connectivity index (χ4v) is 2.81. The van der Waals surface area contributed by atoms with Crippen molar-refractivity contribution in [1.29, 1.82) is 0 Å². The SMILES string of the molecule is CC(C)c1nc2cc(C(=O)NCC3COc4ccccc4O3)ccc2o1. The molecule has 1 aromatic heterocycles.